The number of hydrogen-bond acceptors (Lipinski definition) is 3. The first-order valence-corrected chi connectivity index (χ1v) is 10.3. The summed E-state index contributed by atoms with van der Waals surface area (Å²) in [4.78, 5) is 0. The second-order valence-corrected chi connectivity index (χ2v) is 8.53. The maximum absolute atomic E-state index is 11.9. The van der Waals surface area contributed by atoms with Crippen LogP contribution in [0.2, 0.25) is 0 Å². The average molecular weight is 347 g/mol. The van der Waals surface area contributed by atoms with E-state index in [4.69, 9.17) is 4.74 Å². The lowest BCUT2D eigenvalue weighted by atomic mass is 9.86. The van der Waals surface area contributed by atoms with Gasteiger partial charge in [0, 0.05) is 12.0 Å². The lowest BCUT2D eigenvalue weighted by molar-refractivity contribution is 0.180. The number of hydrogen-bond donors (Lipinski definition) is 1. The number of fused-ring (bicyclic) bond motifs is 1. The van der Waals surface area contributed by atoms with Crippen LogP contribution in [-0.4, -0.2) is 26.8 Å². The number of ether oxygens (including phenoxy) is 1. The highest BCUT2D eigenvalue weighted by atomic mass is 32.2. The molecule has 0 aromatic heterocycles. The molecule has 2 unspecified atom stereocenters. The molecule has 0 amide bonds. The Morgan fingerprint density at radius 1 is 1.08 bits per heavy atom. The zero-order valence-corrected chi connectivity index (χ0v) is 14.9. The van der Waals surface area contributed by atoms with E-state index >= 15 is 0 Å². The van der Waals surface area contributed by atoms with Crippen molar-refractivity contribution in [2.24, 2.45) is 5.92 Å². The van der Waals surface area contributed by atoms with E-state index in [1.165, 1.54) is 5.39 Å². The molecule has 5 heteroatoms. The van der Waals surface area contributed by atoms with Gasteiger partial charge in [0.05, 0.1) is 12.4 Å². The van der Waals surface area contributed by atoms with Gasteiger partial charge in [-0.25, -0.2) is 13.1 Å². The molecule has 0 spiro atoms. The topological polar surface area (TPSA) is 55.4 Å². The third kappa shape index (κ3) is 4.28. The van der Waals surface area contributed by atoms with E-state index in [9.17, 15) is 8.42 Å². The highest BCUT2D eigenvalue weighted by Crippen LogP contribution is 2.27. The van der Waals surface area contributed by atoms with Crippen LogP contribution in [-0.2, 0) is 10.0 Å². The van der Waals surface area contributed by atoms with Crippen molar-refractivity contribution in [3.63, 3.8) is 0 Å². The van der Waals surface area contributed by atoms with Gasteiger partial charge in [-0.05, 0) is 42.7 Å². The molecule has 130 valence electrons. The van der Waals surface area contributed by atoms with Gasteiger partial charge in [-0.2, -0.15) is 0 Å². The molecule has 24 heavy (non-hydrogen) atoms. The summed E-state index contributed by atoms with van der Waals surface area (Å²) in [5, 5.41) is 2.35. The van der Waals surface area contributed by atoms with Crippen LogP contribution in [0.3, 0.4) is 0 Å². The van der Waals surface area contributed by atoms with Crippen molar-refractivity contribution in [2.75, 3.05) is 12.4 Å². The van der Waals surface area contributed by atoms with Crippen LogP contribution in [0.1, 0.15) is 32.6 Å². The van der Waals surface area contributed by atoms with E-state index in [1.54, 1.807) is 6.92 Å². The van der Waals surface area contributed by atoms with Crippen molar-refractivity contribution < 1.29 is 13.2 Å². The molecule has 4 nitrogen and oxygen atoms in total. The molecular weight excluding hydrogens is 322 g/mol. The zero-order chi connectivity index (χ0) is 17.0. The molecule has 2 atom stereocenters. The molecule has 0 aliphatic heterocycles. The molecule has 0 bridgehead atoms. The van der Waals surface area contributed by atoms with Gasteiger partial charge >= 0.3 is 0 Å². The van der Waals surface area contributed by atoms with Crippen LogP contribution in [0.4, 0.5) is 0 Å². The maximum atomic E-state index is 11.9. The SMILES string of the molecule is CCS(=O)(=O)NC1CCCCC1COc1ccc2ccccc2c1. The molecule has 1 aliphatic rings. The predicted molar refractivity (Wildman–Crippen MR) is 97.8 cm³/mol. The third-order valence-electron chi connectivity index (χ3n) is 4.81. The predicted octanol–water partition coefficient (Wildman–Crippen LogP) is 3.72. The van der Waals surface area contributed by atoms with E-state index in [0.717, 1.165) is 36.8 Å². The van der Waals surface area contributed by atoms with Gasteiger partial charge in [0.25, 0.3) is 0 Å². The summed E-state index contributed by atoms with van der Waals surface area (Å²) in [7, 11) is -3.17. The highest BCUT2D eigenvalue weighted by Gasteiger charge is 2.28. The van der Waals surface area contributed by atoms with Crippen LogP contribution in [0.5, 0.6) is 5.75 Å². The molecule has 0 heterocycles. The summed E-state index contributed by atoms with van der Waals surface area (Å²) in [6, 6.07) is 14.3. The van der Waals surface area contributed by atoms with Gasteiger partial charge in [0.2, 0.25) is 10.0 Å². The first kappa shape index (κ1) is 17.2. The van der Waals surface area contributed by atoms with E-state index in [0.29, 0.717) is 6.61 Å². The Morgan fingerprint density at radius 3 is 2.62 bits per heavy atom. The lowest BCUT2D eigenvalue weighted by Crippen LogP contribution is -2.44. The minimum absolute atomic E-state index is 0.0100. The second kappa shape index (κ2) is 7.53. The van der Waals surface area contributed by atoms with Gasteiger partial charge in [-0.15, -0.1) is 0 Å². The Hall–Kier alpha value is -1.59. The standard InChI is InChI=1S/C19H25NO3S/c1-2-24(21,22)20-19-10-6-5-9-17(19)14-23-18-12-11-15-7-3-4-8-16(15)13-18/h3-4,7-8,11-13,17,19-20H,2,5-6,9-10,14H2,1H3. The Kier molecular flexibility index (Phi) is 5.41. The van der Waals surface area contributed by atoms with Crippen LogP contribution >= 0.6 is 0 Å². The van der Waals surface area contributed by atoms with Crippen LogP contribution in [0, 0.1) is 5.92 Å². The summed E-state index contributed by atoms with van der Waals surface area (Å²) in [6.45, 7) is 2.22. The molecule has 1 N–H and O–H groups in total. The molecule has 3 rings (SSSR count). The Bertz CT molecular complexity index is 788. The largest absolute Gasteiger partial charge is 0.493 e. The number of sulfonamides is 1. The average Bonchev–Trinajstić information content (AvgIpc) is 2.60. The van der Waals surface area contributed by atoms with E-state index in [-0.39, 0.29) is 17.7 Å². The monoisotopic (exact) mass is 347 g/mol. The second-order valence-electron chi connectivity index (χ2n) is 6.49. The Morgan fingerprint density at radius 2 is 1.83 bits per heavy atom. The maximum Gasteiger partial charge on any atom is 0.211 e. The van der Waals surface area contributed by atoms with Crippen molar-refractivity contribution in [1.29, 1.82) is 0 Å². The van der Waals surface area contributed by atoms with Crippen molar-refractivity contribution in [3.05, 3.63) is 42.5 Å². The first-order chi connectivity index (χ1) is 11.6. The van der Waals surface area contributed by atoms with Crippen molar-refractivity contribution in [3.8, 4) is 5.75 Å². The minimum atomic E-state index is -3.17. The van der Waals surface area contributed by atoms with Gasteiger partial charge < -0.3 is 4.74 Å². The van der Waals surface area contributed by atoms with Crippen molar-refractivity contribution in [2.45, 2.75) is 38.6 Å². The molecule has 2 aromatic carbocycles. The zero-order valence-electron chi connectivity index (χ0n) is 14.1. The molecule has 1 saturated carbocycles. The normalized spacial score (nSPS) is 21.7. The molecule has 2 aromatic rings. The summed E-state index contributed by atoms with van der Waals surface area (Å²) in [5.74, 6) is 1.20. The molecule has 1 aliphatic carbocycles. The smallest absolute Gasteiger partial charge is 0.211 e. The van der Waals surface area contributed by atoms with Crippen molar-refractivity contribution in [1.82, 2.24) is 4.72 Å². The Labute approximate surface area is 144 Å². The summed E-state index contributed by atoms with van der Waals surface area (Å²) in [5.41, 5.74) is 0. The van der Waals surface area contributed by atoms with Crippen LogP contribution < -0.4 is 9.46 Å². The number of rotatable bonds is 6. The number of nitrogens with one attached hydrogen (secondary N) is 1. The van der Waals surface area contributed by atoms with E-state index in [1.807, 2.05) is 24.3 Å². The summed E-state index contributed by atoms with van der Waals surface area (Å²) >= 11 is 0. The fourth-order valence-corrected chi connectivity index (χ4v) is 4.27. The van der Waals surface area contributed by atoms with Gasteiger partial charge in [0.1, 0.15) is 5.75 Å². The number of benzene rings is 2. The van der Waals surface area contributed by atoms with E-state index in [2.05, 4.69) is 22.9 Å². The minimum Gasteiger partial charge on any atom is -0.493 e. The molecular formula is C19H25NO3S. The van der Waals surface area contributed by atoms with Gasteiger partial charge in [-0.3, -0.25) is 0 Å². The van der Waals surface area contributed by atoms with Crippen LogP contribution in [0.15, 0.2) is 42.5 Å². The van der Waals surface area contributed by atoms with Crippen LogP contribution in [0.25, 0.3) is 10.8 Å². The van der Waals surface area contributed by atoms with Crippen molar-refractivity contribution >= 4 is 20.8 Å². The summed E-state index contributed by atoms with van der Waals surface area (Å²) < 4.78 is 32.6. The Balaban J connectivity index is 1.66. The lowest BCUT2D eigenvalue weighted by Gasteiger charge is -2.31. The fraction of sp³-hybridized carbons (Fsp3) is 0.474. The van der Waals surface area contributed by atoms with Gasteiger partial charge in [-0.1, -0.05) is 43.2 Å². The summed E-state index contributed by atoms with van der Waals surface area (Å²) in [6.07, 6.45) is 4.11. The van der Waals surface area contributed by atoms with E-state index < -0.39 is 10.0 Å². The first-order valence-electron chi connectivity index (χ1n) is 8.69. The molecule has 0 radical (unpaired) electrons. The molecule has 1 fully saturated rings. The fourth-order valence-electron chi connectivity index (χ4n) is 3.34. The molecule has 0 saturated heterocycles. The highest BCUT2D eigenvalue weighted by molar-refractivity contribution is 7.89. The van der Waals surface area contributed by atoms with Gasteiger partial charge in [0.15, 0.2) is 0 Å². The quantitative estimate of drug-likeness (QED) is 0.866. The third-order valence-corrected chi connectivity index (χ3v) is 6.23.